The molecular weight excluding hydrogens is 206 g/mol. The van der Waals surface area contributed by atoms with Crippen molar-refractivity contribution in [1.29, 1.82) is 0 Å². The zero-order valence-corrected chi connectivity index (χ0v) is 9.10. The highest BCUT2D eigenvalue weighted by Crippen LogP contribution is 2.26. The molecule has 1 aromatic carbocycles. The number of benzene rings is 1. The minimum Gasteiger partial charge on any atom is -0.493 e. The predicted molar refractivity (Wildman–Crippen MR) is 58.2 cm³/mol. The van der Waals surface area contributed by atoms with Crippen LogP contribution in [0.25, 0.3) is 0 Å². The van der Waals surface area contributed by atoms with Gasteiger partial charge in [-0.1, -0.05) is 12.1 Å². The molecule has 4 nitrogen and oxygen atoms in total. The van der Waals surface area contributed by atoms with Gasteiger partial charge in [-0.3, -0.25) is 9.59 Å². The molecule has 0 fully saturated rings. The number of likely N-dealkylation sites (N-methyl/N-ethyl adjacent to an activating group) is 1. The third-order valence-corrected chi connectivity index (χ3v) is 2.65. The fraction of sp³-hybridized carbons (Fsp3) is 0.333. The molecule has 0 radical (unpaired) electrons. The van der Waals surface area contributed by atoms with Crippen LogP contribution in [0, 0.1) is 0 Å². The summed E-state index contributed by atoms with van der Waals surface area (Å²) in [5.74, 6) is 0.421. The summed E-state index contributed by atoms with van der Waals surface area (Å²) in [7, 11) is 1.61. The number of rotatable bonds is 3. The van der Waals surface area contributed by atoms with Gasteiger partial charge in [-0.15, -0.1) is 0 Å². The van der Waals surface area contributed by atoms with E-state index in [0.717, 1.165) is 24.3 Å². The Morgan fingerprint density at radius 3 is 3.12 bits per heavy atom. The maximum atomic E-state index is 11.1. The van der Waals surface area contributed by atoms with Crippen molar-refractivity contribution in [2.75, 3.05) is 13.7 Å². The van der Waals surface area contributed by atoms with E-state index in [1.165, 1.54) is 10.5 Å². The van der Waals surface area contributed by atoms with Crippen LogP contribution in [0.3, 0.4) is 0 Å². The van der Waals surface area contributed by atoms with Gasteiger partial charge in [0.15, 0.2) is 0 Å². The number of nitrogens with zero attached hydrogens (tertiary/aromatic N) is 1. The first-order valence-corrected chi connectivity index (χ1v) is 5.15. The summed E-state index contributed by atoms with van der Waals surface area (Å²) < 4.78 is 5.39. The van der Waals surface area contributed by atoms with Crippen LogP contribution in [-0.2, 0) is 22.6 Å². The second-order valence-electron chi connectivity index (χ2n) is 3.85. The smallest absolute Gasteiger partial charge is 0.286 e. The van der Waals surface area contributed by atoms with Crippen molar-refractivity contribution in [3.8, 4) is 5.75 Å². The highest BCUT2D eigenvalue weighted by molar-refractivity contribution is 6.23. The number of carbonyl (C=O) groups is 2. The molecule has 0 saturated heterocycles. The van der Waals surface area contributed by atoms with Crippen molar-refractivity contribution < 1.29 is 14.3 Å². The summed E-state index contributed by atoms with van der Waals surface area (Å²) in [6, 6.07) is 5.85. The second-order valence-corrected chi connectivity index (χ2v) is 3.85. The summed E-state index contributed by atoms with van der Waals surface area (Å²) in [5.41, 5.74) is 2.19. The predicted octanol–water partition coefficient (Wildman–Crippen LogP) is 0.779. The standard InChI is InChI=1S/C12H13NO3/c1-13(12(15)8-14)7-9-2-3-11-10(6-9)4-5-16-11/h2-3,6,8H,4-5,7H2,1H3. The molecule has 1 aliphatic rings. The molecule has 2 rings (SSSR count). The molecule has 84 valence electrons. The largest absolute Gasteiger partial charge is 0.493 e. The Morgan fingerprint density at radius 1 is 1.56 bits per heavy atom. The van der Waals surface area contributed by atoms with Crippen molar-refractivity contribution in [3.63, 3.8) is 0 Å². The molecule has 0 saturated carbocycles. The maximum absolute atomic E-state index is 11.1. The summed E-state index contributed by atoms with van der Waals surface area (Å²) >= 11 is 0. The third-order valence-electron chi connectivity index (χ3n) is 2.65. The van der Waals surface area contributed by atoms with Crippen LogP contribution in [0.5, 0.6) is 5.75 Å². The number of hydrogen-bond acceptors (Lipinski definition) is 3. The lowest BCUT2D eigenvalue weighted by Crippen LogP contribution is -2.26. The molecule has 1 aromatic rings. The Hall–Kier alpha value is -1.84. The first-order valence-electron chi connectivity index (χ1n) is 5.15. The van der Waals surface area contributed by atoms with Gasteiger partial charge in [0.1, 0.15) is 5.75 Å². The number of carbonyl (C=O) groups excluding carboxylic acids is 2. The topological polar surface area (TPSA) is 46.6 Å². The summed E-state index contributed by atoms with van der Waals surface area (Å²) in [6.45, 7) is 1.17. The molecule has 0 N–H and O–H groups in total. The Labute approximate surface area is 93.8 Å². The number of ether oxygens (including phenoxy) is 1. The number of amides is 1. The Kier molecular flexibility index (Phi) is 2.90. The van der Waals surface area contributed by atoms with Crippen molar-refractivity contribution in [3.05, 3.63) is 29.3 Å². The van der Waals surface area contributed by atoms with Gasteiger partial charge in [0.2, 0.25) is 6.29 Å². The van der Waals surface area contributed by atoms with Crippen LogP contribution in [0.1, 0.15) is 11.1 Å². The van der Waals surface area contributed by atoms with Gasteiger partial charge >= 0.3 is 0 Å². The van der Waals surface area contributed by atoms with E-state index in [2.05, 4.69) is 0 Å². The molecule has 0 spiro atoms. The molecule has 1 aliphatic heterocycles. The average molecular weight is 219 g/mol. The zero-order valence-electron chi connectivity index (χ0n) is 9.10. The quantitative estimate of drug-likeness (QED) is 0.557. The van der Waals surface area contributed by atoms with Crippen molar-refractivity contribution in [2.45, 2.75) is 13.0 Å². The lowest BCUT2D eigenvalue weighted by Gasteiger charge is -2.14. The number of fused-ring (bicyclic) bond motifs is 1. The van der Waals surface area contributed by atoms with E-state index >= 15 is 0 Å². The summed E-state index contributed by atoms with van der Waals surface area (Å²) in [4.78, 5) is 22.8. The van der Waals surface area contributed by atoms with Gasteiger partial charge in [-0.2, -0.15) is 0 Å². The Bertz CT molecular complexity index is 428. The van der Waals surface area contributed by atoms with Crippen molar-refractivity contribution >= 4 is 12.2 Å². The van der Waals surface area contributed by atoms with Gasteiger partial charge in [0.25, 0.3) is 5.91 Å². The van der Waals surface area contributed by atoms with Crippen LogP contribution < -0.4 is 4.74 Å². The van der Waals surface area contributed by atoms with E-state index in [1.807, 2.05) is 18.2 Å². The second kappa shape index (κ2) is 4.35. The van der Waals surface area contributed by atoms with Gasteiger partial charge in [-0.25, -0.2) is 0 Å². The van der Waals surface area contributed by atoms with E-state index in [1.54, 1.807) is 7.05 Å². The third kappa shape index (κ3) is 2.05. The minimum absolute atomic E-state index is 0.330. The van der Waals surface area contributed by atoms with Gasteiger partial charge in [-0.05, 0) is 17.2 Å². The highest BCUT2D eigenvalue weighted by Gasteiger charge is 2.13. The van der Waals surface area contributed by atoms with Crippen LogP contribution in [0.4, 0.5) is 0 Å². The molecule has 0 atom stereocenters. The lowest BCUT2D eigenvalue weighted by molar-refractivity contribution is -0.138. The number of hydrogen-bond donors (Lipinski definition) is 0. The molecule has 1 heterocycles. The molecular formula is C12H13NO3. The first-order chi connectivity index (χ1) is 7.70. The normalized spacial score (nSPS) is 12.8. The van der Waals surface area contributed by atoms with Gasteiger partial charge in [0.05, 0.1) is 6.61 Å². The van der Waals surface area contributed by atoms with Gasteiger partial charge in [0, 0.05) is 20.0 Å². The average Bonchev–Trinajstić information content (AvgIpc) is 2.75. The summed E-state index contributed by atoms with van der Waals surface area (Å²) in [6.07, 6.45) is 1.24. The van der Waals surface area contributed by atoms with Crippen LogP contribution in [0.2, 0.25) is 0 Å². The molecule has 4 heteroatoms. The molecule has 16 heavy (non-hydrogen) atoms. The molecule has 0 bridgehead atoms. The van der Waals surface area contributed by atoms with E-state index < -0.39 is 5.91 Å². The lowest BCUT2D eigenvalue weighted by atomic mass is 10.1. The van der Waals surface area contributed by atoms with E-state index in [0.29, 0.717) is 12.8 Å². The van der Waals surface area contributed by atoms with Crippen LogP contribution >= 0.6 is 0 Å². The Morgan fingerprint density at radius 2 is 2.38 bits per heavy atom. The fourth-order valence-corrected chi connectivity index (χ4v) is 1.78. The molecule has 0 unspecified atom stereocenters. The number of aldehydes is 1. The van der Waals surface area contributed by atoms with E-state index in [4.69, 9.17) is 4.74 Å². The summed E-state index contributed by atoms with van der Waals surface area (Å²) in [5, 5.41) is 0. The zero-order chi connectivity index (χ0) is 11.5. The Balaban J connectivity index is 2.10. The van der Waals surface area contributed by atoms with Crippen LogP contribution in [0.15, 0.2) is 18.2 Å². The molecule has 0 aliphatic carbocycles. The minimum atomic E-state index is -0.503. The maximum Gasteiger partial charge on any atom is 0.286 e. The van der Waals surface area contributed by atoms with E-state index in [-0.39, 0.29) is 0 Å². The SMILES string of the molecule is CN(Cc1ccc2c(c1)CCO2)C(=O)C=O. The van der Waals surface area contributed by atoms with Crippen LogP contribution in [-0.4, -0.2) is 30.7 Å². The first kappa shape index (κ1) is 10.7. The fourth-order valence-electron chi connectivity index (χ4n) is 1.78. The monoisotopic (exact) mass is 219 g/mol. The van der Waals surface area contributed by atoms with Crippen molar-refractivity contribution in [2.24, 2.45) is 0 Å². The molecule has 0 aromatic heterocycles. The van der Waals surface area contributed by atoms with E-state index in [9.17, 15) is 9.59 Å². The van der Waals surface area contributed by atoms with Crippen molar-refractivity contribution in [1.82, 2.24) is 4.90 Å². The highest BCUT2D eigenvalue weighted by atomic mass is 16.5. The molecule has 1 amide bonds. The van der Waals surface area contributed by atoms with Gasteiger partial charge < -0.3 is 9.64 Å².